The van der Waals surface area contributed by atoms with Gasteiger partial charge in [-0.2, -0.15) is 0 Å². The zero-order valence-electron chi connectivity index (χ0n) is 12.6. The first-order valence-corrected chi connectivity index (χ1v) is 8.06. The van der Waals surface area contributed by atoms with Crippen molar-refractivity contribution in [1.29, 1.82) is 0 Å². The number of Topliss-reactive ketones (excluding diaryl/α,β-unsaturated/α-hetero) is 1. The summed E-state index contributed by atoms with van der Waals surface area (Å²) < 4.78 is 5.53. The Hall–Kier alpha value is -1.68. The van der Waals surface area contributed by atoms with Crippen molar-refractivity contribution in [3.05, 3.63) is 34.8 Å². The summed E-state index contributed by atoms with van der Waals surface area (Å²) in [6, 6.07) is 7.91. The van der Waals surface area contributed by atoms with E-state index in [9.17, 15) is 4.79 Å². The molecule has 0 saturated heterocycles. The normalized spacial score (nSPS) is 16.6. The van der Waals surface area contributed by atoms with E-state index in [1.54, 1.807) is 0 Å². The second-order valence-corrected chi connectivity index (χ2v) is 7.20. The van der Waals surface area contributed by atoms with Crippen LogP contribution in [-0.2, 0) is 6.42 Å². The fraction of sp³-hybridized carbons (Fsp3) is 0.412. The largest absolute Gasteiger partial charge is 0.494 e. The molecule has 0 aliphatic heterocycles. The molecule has 1 aromatic heterocycles. The summed E-state index contributed by atoms with van der Waals surface area (Å²) in [4.78, 5) is 17.8. The number of hydrogen-bond acceptors (Lipinski definition) is 4. The molecule has 1 aliphatic carbocycles. The molecule has 4 heteroatoms. The minimum atomic E-state index is 0.0165. The Balaban J connectivity index is 1.98. The maximum atomic E-state index is 12.3. The van der Waals surface area contributed by atoms with Crippen LogP contribution < -0.4 is 4.74 Å². The topological polar surface area (TPSA) is 39.2 Å². The summed E-state index contributed by atoms with van der Waals surface area (Å²) in [6.07, 6.45) is 1.48. The molecule has 1 heterocycles. The van der Waals surface area contributed by atoms with Gasteiger partial charge in [0.15, 0.2) is 5.78 Å². The SMILES string of the molecule is CCOc1cccc(-c2nc3c(s2)C(=O)CC(C)(C)C3)c1. The van der Waals surface area contributed by atoms with Gasteiger partial charge in [-0.15, -0.1) is 11.3 Å². The van der Waals surface area contributed by atoms with Crippen LogP contribution >= 0.6 is 11.3 Å². The third kappa shape index (κ3) is 2.86. The smallest absolute Gasteiger partial charge is 0.175 e. The molecule has 2 aromatic rings. The predicted octanol–water partition coefficient (Wildman–Crippen LogP) is 4.36. The van der Waals surface area contributed by atoms with Crippen LogP contribution in [0.4, 0.5) is 0 Å². The second-order valence-electron chi connectivity index (χ2n) is 6.20. The number of ether oxygens (including phenoxy) is 1. The van der Waals surface area contributed by atoms with Crippen molar-refractivity contribution in [1.82, 2.24) is 4.98 Å². The van der Waals surface area contributed by atoms with Gasteiger partial charge in [-0.25, -0.2) is 4.98 Å². The standard InChI is InChI=1S/C17H19NO2S/c1-4-20-12-7-5-6-11(8-12)16-18-13-9-17(2,3)10-14(19)15(13)21-16/h5-8H,4,9-10H2,1-3H3. The highest BCUT2D eigenvalue weighted by atomic mass is 32.1. The average Bonchev–Trinajstić information content (AvgIpc) is 2.82. The zero-order chi connectivity index (χ0) is 15.0. The number of hydrogen-bond donors (Lipinski definition) is 0. The van der Waals surface area contributed by atoms with Gasteiger partial charge < -0.3 is 4.74 Å². The summed E-state index contributed by atoms with van der Waals surface area (Å²) >= 11 is 1.51. The van der Waals surface area contributed by atoms with Crippen molar-refractivity contribution in [2.24, 2.45) is 5.41 Å². The first-order valence-electron chi connectivity index (χ1n) is 7.25. The third-order valence-corrected chi connectivity index (χ3v) is 4.82. The van der Waals surface area contributed by atoms with Gasteiger partial charge in [0.2, 0.25) is 0 Å². The monoisotopic (exact) mass is 301 g/mol. The van der Waals surface area contributed by atoms with Crippen LogP contribution in [0.1, 0.15) is 42.6 Å². The second kappa shape index (κ2) is 5.26. The van der Waals surface area contributed by atoms with Gasteiger partial charge >= 0.3 is 0 Å². The molecule has 0 bridgehead atoms. The number of rotatable bonds is 3. The number of benzene rings is 1. The summed E-state index contributed by atoms with van der Waals surface area (Å²) in [7, 11) is 0. The molecule has 1 aromatic carbocycles. The van der Waals surface area contributed by atoms with E-state index in [1.165, 1.54) is 11.3 Å². The molecule has 0 spiro atoms. The Morgan fingerprint density at radius 3 is 2.90 bits per heavy atom. The highest BCUT2D eigenvalue weighted by Gasteiger charge is 2.33. The van der Waals surface area contributed by atoms with Crippen LogP contribution in [-0.4, -0.2) is 17.4 Å². The third-order valence-electron chi connectivity index (χ3n) is 3.63. The van der Waals surface area contributed by atoms with Gasteiger partial charge in [-0.3, -0.25) is 4.79 Å². The number of aromatic nitrogens is 1. The molecular formula is C17H19NO2S. The summed E-state index contributed by atoms with van der Waals surface area (Å²) in [5.41, 5.74) is 1.99. The fourth-order valence-electron chi connectivity index (χ4n) is 2.73. The first kappa shape index (κ1) is 14.3. The van der Waals surface area contributed by atoms with Crippen molar-refractivity contribution >= 4 is 17.1 Å². The lowest BCUT2D eigenvalue weighted by Crippen LogP contribution is -2.25. The number of carbonyl (C=O) groups is 1. The van der Waals surface area contributed by atoms with Crippen LogP contribution in [0.2, 0.25) is 0 Å². The van der Waals surface area contributed by atoms with E-state index < -0.39 is 0 Å². The Morgan fingerprint density at radius 1 is 1.33 bits per heavy atom. The Morgan fingerprint density at radius 2 is 2.14 bits per heavy atom. The quantitative estimate of drug-likeness (QED) is 0.845. The molecule has 3 rings (SSSR count). The number of fused-ring (bicyclic) bond motifs is 1. The summed E-state index contributed by atoms with van der Waals surface area (Å²) in [6.45, 7) is 6.87. The molecular weight excluding hydrogens is 282 g/mol. The van der Waals surface area contributed by atoms with E-state index in [1.807, 2.05) is 31.2 Å². The maximum absolute atomic E-state index is 12.3. The van der Waals surface area contributed by atoms with E-state index in [2.05, 4.69) is 13.8 Å². The van der Waals surface area contributed by atoms with Crippen LogP contribution in [0, 0.1) is 5.41 Å². The predicted molar refractivity (Wildman–Crippen MR) is 85.2 cm³/mol. The average molecular weight is 301 g/mol. The fourth-order valence-corrected chi connectivity index (χ4v) is 3.74. The zero-order valence-corrected chi connectivity index (χ0v) is 13.4. The molecule has 0 unspecified atom stereocenters. The van der Waals surface area contributed by atoms with E-state index in [-0.39, 0.29) is 11.2 Å². The minimum absolute atomic E-state index is 0.0165. The maximum Gasteiger partial charge on any atom is 0.175 e. The van der Waals surface area contributed by atoms with Crippen molar-refractivity contribution in [3.8, 4) is 16.3 Å². The molecule has 0 N–H and O–H groups in total. The molecule has 21 heavy (non-hydrogen) atoms. The van der Waals surface area contributed by atoms with Gasteiger partial charge in [-0.1, -0.05) is 26.0 Å². The molecule has 110 valence electrons. The number of thiazole rings is 1. The van der Waals surface area contributed by atoms with Gasteiger partial charge in [0.1, 0.15) is 10.8 Å². The Labute approximate surface area is 129 Å². The molecule has 0 fully saturated rings. The van der Waals surface area contributed by atoms with Gasteiger partial charge in [0, 0.05) is 12.0 Å². The molecule has 0 atom stereocenters. The van der Waals surface area contributed by atoms with Crippen LogP contribution in [0.5, 0.6) is 5.75 Å². The number of carbonyl (C=O) groups excluding carboxylic acids is 1. The molecule has 3 nitrogen and oxygen atoms in total. The van der Waals surface area contributed by atoms with E-state index in [0.717, 1.165) is 33.3 Å². The van der Waals surface area contributed by atoms with Crippen LogP contribution in [0.3, 0.4) is 0 Å². The lowest BCUT2D eigenvalue weighted by atomic mass is 9.78. The molecule has 0 amide bonds. The molecule has 0 radical (unpaired) electrons. The highest BCUT2D eigenvalue weighted by molar-refractivity contribution is 7.17. The molecule has 0 saturated carbocycles. The number of ketones is 1. The minimum Gasteiger partial charge on any atom is -0.494 e. The lowest BCUT2D eigenvalue weighted by Gasteiger charge is -2.26. The Bertz CT molecular complexity index is 688. The van der Waals surface area contributed by atoms with Crippen molar-refractivity contribution in [3.63, 3.8) is 0 Å². The van der Waals surface area contributed by atoms with Gasteiger partial charge in [0.25, 0.3) is 0 Å². The summed E-state index contributed by atoms with van der Waals surface area (Å²) in [5.74, 6) is 1.07. The van der Waals surface area contributed by atoms with Crippen molar-refractivity contribution in [2.45, 2.75) is 33.6 Å². The first-order chi connectivity index (χ1) is 9.98. The van der Waals surface area contributed by atoms with E-state index in [0.29, 0.717) is 13.0 Å². The Kier molecular flexibility index (Phi) is 3.57. The lowest BCUT2D eigenvalue weighted by molar-refractivity contribution is 0.0916. The van der Waals surface area contributed by atoms with Crippen molar-refractivity contribution < 1.29 is 9.53 Å². The van der Waals surface area contributed by atoms with Crippen LogP contribution in [0.15, 0.2) is 24.3 Å². The van der Waals surface area contributed by atoms with Gasteiger partial charge in [0.05, 0.1) is 17.2 Å². The summed E-state index contributed by atoms with van der Waals surface area (Å²) in [5, 5.41) is 0.910. The van der Waals surface area contributed by atoms with Gasteiger partial charge in [-0.05, 0) is 30.9 Å². The van der Waals surface area contributed by atoms with E-state index >= 15 is 0 Å². The number of nitrogens with zero attached hydrogens (tertiary/aromatic N) is 1. The highest BCUT2D eigenvalue weighted by Crippen LogP contribution is 2.39. The van der Waals surface area contributed by atoms with Crippen LogP contribution in [0.25, 0.3) is 10.6 Å². The molecule has 1 aliphatic rings. The van der Waals surface area contributed by atoms with Crippen molar-refractivity contribution in [2.75, 3.05) is 6.61 Å². The van der Waals surface area contributed by atoms with E-state index in [4.69, 9.17) is 9.72 Å².